The summed E-state index contributed by atoms with van der Waals surface area (Å²) in [6, 6.07) is 6.05. The van der Waals surface area contributed by atoms with Crippen LogP contribution in [0.2, 0.25) is 0 Å². The molecular formula is C12H10FN3O3S. The number of nitrogens with zero attached hydrogens (tertiary/aromatic N) is 2. The second-order valence-electron chi connectivity index (χ2n) is 3.86. The summed E-state index contributed by atoms with van der Waals surface area (Å²) in [5.41, 5.74) is 0.272. The van der Waals surface area contributed by atoms with Gasteiger partial charge in [0.15, 0.2) is 5.17 Å². The monoisotopic (exact) mass is 295 g/mol. The topological polar surface area (TPSA) is 91.1 Å². The molecule has 0 saturated carbocycles. The van der Waals surface area contributed by atoms with Crippen LogP contribution in [-0.2, 0) is 9.59 Å². The van der Waals surface area contributed by atoms with Crippen molar-refractivity contribution in [3.8, 4) is 0 Å². The Hall–Kier alpha value is -2.22. The van der Waals surface area contributed by atoms with Crippen molar-refractivity contribution in [2.75, 3.05) is 0 Å². The lowest BCUT2D eigenvalue weighted by molar-refractivity contribution is -0.138. The van der Waals surface area contributed by atoms with Gasteiger partial charge in [-0.2, -0.15) is 5.10 Å². The number of carboxylic acid groups (broad SMARTS) is 1. The molecule has 104 valence electrons. The maximum absolute atomic E-state index is 13.3. The van der Waals surface area contributed by atoms with Crippen molar-refractivity contribution >= 4 is 35.0 Å². The maximum Gasteiger partial charge on any atom is 0.305 e. The van der Waals surface area contributed by atoms with E-state index < -0.39 is 22.9 Å². The fourth-order valence-corrected chi connectivity index (χ4v) is 2.38. The second kappa shape index (κ2) is 6.29. The number of halogens is 1. The number of nitrogens with one attached hydrogen (secondary N) is 1. The third kappa shape index (κ3) is 3.64. The van der Waals surface area contributed by atoms with Crippen LogP contribution >= 0.6 is 11.8 Å². The molecule has 0 aromatic heterocycles. The van der Waals surface area contributed by atoms with Crippen molar-refractivity contribution in [3.63, 3.8) is 0 Å². The molecule has 2 N–H and O–H groups in total. The van der Waals surface area contributed by atoms with E-state index in [9.17, 15) is 14.0 Å². The van der Waals surface area contributed by atoms with Gasteiger partial charge in [0.1, 0.15) is 11.1 Å². The average molecular weight is 295 g/mol. The highest BCUT2D eigenvalue weighted by Gasteiger charge is 2.32. The summed E-state index contributed by atoms with van der Waals surface area (Å²) in [6.07, 6.45) is 0.937. The van der Waals surface area contributed by atoms with Crippen LogP contribution in [0.5, 0.6) is 0 Å². The molecule has 1 aliphatic heterocycles. The summed E-state index contributed by atoms with van der Waals surface area (Å²) in [5.74, 6) is -1.91. The Bertz CT molecular complexity index is 603. The molecule has 0 radical (unpaired) electrons. The van der Waals surface area contributed by atoms with Crippen LogP contribution in [0, 0.1) is 5.82 Å². The van der Waals surface area contributed by atoms with Crippen molar-refractivity contribution < 1.29 is 19.1 Å². The number of hydrogen-bond donors (Lipinski definition) is 2. The van der Waals surface area contributed by atoms with Crippen molar-refractivity contribution in [1.29, 1.82) is 0 Å². The van der Waals surface area contributed by atoms with Gasteiger partial charge in [-0.15, -0.1) is 5.10 Å². The summed E-state index contributed by atoms with van der Waals surface area (Å²) >= 11 is 0.987. The number of amidine groups is 1. The molecule has 6 nitrogen and oxygen atoms in total. The van der Waals surface area contributed by atoms with Gasteiger partial charge in [-0.25, -0.2) is 4.39 Å². The highest BCUT2D eigenvalue weighted by molar-refractivity contribution is 8.15. The number of rotatable bonds is 4. The van der Waals surface area contributed by atoms with E-state index in [0.29, 0.717) is 0 Å². The molecule has 1 atom stereocenters. The van der Waals surface area contributed by atoms with Crippen molar-refractivity contribution in [2.45, 2.75) is 11.7 Å². The average Bonchev–Trinajstić information content (AvgIpc) is 2.72. The van der Waals surface area contributed by atoms with Gasteiger partial charge in [0.2, 0.25) is 5.91 Å². The van der Waals surface area contributed by atoms with E-state index in [1.807, 2.05) is 0 Å². The second-order valence-corrected chi connectivity index (χ2v) is 5.06. The Morgan fingerprint density at radius 2 is 2.25 bits per heavy atom. The van der Waals surface area contributed by atoms with Gasteiger partial charge in [0.25, 0.3) is 0 Å². The van der Waals surface area contributed by atoms with Crippen LogP contribution in [-0.4, -0.2) is 33.6 Å². The van der Waals surface area contributed by atoms with Crippen LogP contribution in [0.1, 0.15) is 12.0 Å². The molecule has 1 amide bonds. The van der Waals surface area contributed by atoms with Crippen LogP contribution in [0.4, 0.5) is 4.39 Å². The predicted octanol–water partition coefficient (Wildman–Crippen LogP) is 1.22. The number of hydrogen-bond acceptors (Lipinski definition) is 5. The quantitative estimate of drug-likeness (QED) is 0.645. The molecule has 1 aromatic rings. The minimum atomic E-state index is -1.06. The van der Waals surface area contributed by atoms with E-state index in [2.05, 4.69) is 15.5 Å². The molecule has 0 spiro atoms. The molecule has 0 bridgehead atoms. The third-order valence-electron chi connectivity index (χ3n) is 2.39. The van der Waals surface area contributed by atoms with Gasteiger partial charge < -0.3 is 10.4 Å². The first kappa shape index (κ1) is 14.2. The maximum atomic E-state index is 13.3. The molecule has 0 aliphatic carbocycles. The minimum absolute atomic E-state index is 0.203. The Kier molecular flexibility index (Phi) is 4.46. The first-order valence-electron chi connectivity index (χ1n) is 5.61. The number of amides is 1. The molecule has 1 aliphatic rings. The summed E-state index contributed by atoms with van der Waals surface area (Å²) in [7, 11) is 0. The fourth-order valence-electron chi connectivity index (χ4n) is 1.47. The number of carboxylic acids is 1. The molecule has 8 heteroatoms. The molecule has 1 fully saturated rings. The van der Waals surface area contributed by atoms with E-state index in [1.54, 1.807) is 12.1 Å². The lowest BCUT2D eigenvalue weighted by Gasteiger charge is -1.97. The predicted molar refractivity (Wildman–Crippen MR) is 73.2 cm³/mol. The van der Waals surface area contributed by atoms with Crippen LogP contribution in [0.15, 0.2) is 34.5 Å². The number of thioether (sulfide) groups is 1. The van der Waals surface area contributed by atoms with Gasteiger partial charge in [-0.1, -0.05) is 30.0 Å². The van der Waals surface area contributed by atoms with Crippen LogP contribution < -0.4 is 5.32 Å². The third-order valence-corrected chi connectivity index (χ3v) is 3.46. The molecule has 1 saturated heterocycles. The smallest absolute Gasteiger partial charge is 0.305 e. The van der Waals surface area contributed by atoms with Gasteiger partial charge in [0, 0.05) is 5.56 Å². The fraction of sp³-hybridized carbons (Fsp3) is 0.167. The minimum Gasteiger partial charge on any atom is -0.481 e. The number of benzene rings is 1. The summed E-state index contributed by atoms with van der Waals surface area (Å²) in [6.45, 7) is 0. The van der Waals surface area contributed by atoms with Crippen molar-refractivity contribution in [2.24, 2.45) is 10.2 Å². The van der Waals surface area contributed by atoms with E-state index in [-0.39, 0.29) is 17.2 Å². The van der Waals surface area contributed by atoms with Gasteiger partial charge >= 0.3 is 5.97 Å². The Morgan fingerprint density at radius 3 is 2.95 bits per heavy atom. The van der Waals surface area contributed by atoms with Crippen LogP contribution in [0.25, 0.3) is 0 Å². The molecular weight excluding hydrogens is 285 g/mol. The highest BCUT2D eigenvalue weighted by Crippen LogP contribution is 2.22. The number of aliphatic carboxylic acids is 1. The number of carbonyl (C=O) groups is 2. The first-order chi connectivity index (χ1) is 9.56. The summed E-state index contributed by atoms with van der Waals surface area (Å²) < 4.78 is 13.3. The molecule has 1 aromatic carbocycles. The van der Waals surface area contributed by atoms with Gasteiger partial charge in [-0.3, -0.25) is 9.59 Å². The van der Waals surface area contributed by atoms with E-state index >= 15 is 0 Å². The number of carbonyl (C=O) groups excluding carboxylic acids is 1. The summed E-state index contributed by atoms with van der Waals surface area (Å²) in [5, 5.41) is 17.9. The van der Waals surface area contributed by atoms with E-state index in [1.165, 1.54) is 18.3 Å². The molecule has 20 heavy (non-hydrogen) atoms. The Labute approximate surface area is 117 Å². The molecule has 1 heterocycles. The van der Waals surface area contributed by atoms with E-state index in [4.69, 9.17) is 5.11 Å². The standard InChI is InChI=1S/C12H10FN3O3S/c13-8-4-2-1-3-7(8)6-14-16-12-15-11(19)9(20-12)5-10(17)18/h1-4,6,9H,5H2,(H,17,18)(H,15,16,19)/t9-/m1/s1. The lowest BCUT2D eigenvalue weighted by Crippen LogP contribution is -2.26. The van der Waals surface area contributed by atoms with Crippen molar-refractivity contribution in [3.05, 3.63) is 35.6 Å². The van der Waals surface area contributed by atoms with E-state index in [0.717, 1.165) is 11.8 Å². The molecule has 0 unspecified atom stereocenters. The zero-order valence-electron chi connectivity index (χ0n) is 10.1. The first-order valence-corrected chi connectivity index (χ1v) is 6.49. The Morgan fingerprint density at radius 1 is 1.50 bits per heavy atom. The summed E-state index contributed by atoms with van der Waals surface area (Å²) in [4.78, 5) is 22.0. The van der Waals surface area contributed by atoms with Crippen molar-refractivity contribution in [1.82, 2.24) is 5.32 Å². The Balaban J connectivity index is 2.01. The highest BCUT2D eigenvalue weighted by atomic mass is 32.2. The normalized spacial score (nSPS) is 20.6. The SMILES string of the molecule is O=C(O)C[C@H]1SC(=NN=Cc2ccccc2F)NC1=O. The largest absolute Gasteiger partial charge is 0.481 e. The van der Waals surface area contributed by atoms with Gasteiger partial charge in [0.05, 0.1) is 12.6 Å². The van der Waals surface area contributed by atoms with Gasteiger partial charge in [-0.05, 0) is 6.07 Å². The lowest BCUT2D eigenvalue weighted by atomic mass is 10.2. The zero-order chi connectivity index (χ0) is 14.5. The zero-order valence-corrected chi connectivity index (χ0v) is 10.9. The molecule has 2 rings (SSSR count). The van der Waals surface area contributed by atoms with Crippen LogP contribution in [0.3, 0.4) is 0 Å².